The van der Waals surface area contributed by atoms with Gasteiger partial charge in [0.15, 0.2) is 0 Å². The summed E-state index contributed by atoms with van der Waals surface area (Å²) in [5, 5.41) is 3.02. The van der Waals surface area contributed by atoms with Gasteiger partial charge in [0.1, 0.15) is 18.1 Å². The number of anilines is 1. The predicted octanol–water partition coefficient (Wildman–Crippen LogP) is 2.69. The summed E-state index contributed by atoms with van der Waals surface area (Å²) in [6.07, 6.45) is 0. The molecule has 0 unspecified atom stereocenters. The van der Waals surface area contributed by atoms with Crippen molar-refractivity contribution >= 4 is 11.7 Å². The highest BCUT2D eigenvalue weighted by Crippen LogP contribution is 2.17. The van der Waals surface area contributed by atoms with E-state index >= 15 is 0 Å². The number of ether oxygens (including phenoxy) is 2. The molecular formula is C14H15NO4. The Morgan fingerprint density at radius 1 is 1.21 bits per heavy atom. The van der Waals surface area contributed by atoms with Gasteiger partial charge in [-0.15, -0.1) is 0 Å². The average molecular weight is 261 g/mol. The number of esters is 1. The van der Waals surface area contributed by atoms with Crippen molar-refractivity contribution in [2.45, 2.75) is 6.61 Å². The summed E-state index contributed by atoms with van der Waals surface area (Å²) >= 11 is 0. The average Bonchev–Trinajstić information content (AvgIpc) is 2.93. The number of benzene rings is 1. The van der Waals surface area contributed by atoms with E-state index in [0.29, 0.717) is 5.76 Å². The molecule has 1 aromatic heterocycles. The van der Waals surface area contributed by atoms with Gasteiger partial charge in [0.2, 0.25) is 5.76 Å². The van der Waals surface area contributed by atoms with E-state index in [9.17, 15) is 4.79 Å². The second kappa shape index (κ2) is 5.95. The van der Waals surface area contributed by atoms with Gasteiger partial charge in [-0.25, -0.2) is 4.79 Å². The zero-order chi connectivity index (χ0) is 13.7. The van der Waals surface area contributed by atoms with Crippen molar-refractivity contribution in [1.82, 2.24) is 0 Å². The number of hydrogen-bond acceptors (Lipinski definition) is 5. The Balaban J connectivity index is 1.94. The highest BCUT2D eigenvalue weighted by molar-refractivity contribution is 5.86. The number of furan rings is 1. The second-order valence-electron chi connectivity index (χ2n) is 3.82. The molecule has 0 aliphatic heterocycles. The van der Waals surface area contributed by atoms with Crippen molar-refractivity contribution < 1.29 is 18.7 Å². The zero-order valence-electron chi connectivity index (χ0n) is 10.8. The van der Waals surface area contributed by atoms with E-state index < -0.39 is 5.97 Å². The van der Waals surface area contributed by atoms with Crippen LogP contribution in [-0.4, -0.2) is 20.1 Å². The van der Waals surface area contributed by atoms with Crippen LogP contribution in [0.4, 0.5) is 5.69 Å². The topological polar surface area (TPSA) is 60.7 Å². The van der Waals surface area contributed by atoms with Crippen molar-refractivity contribution in [3.63, 3.8) is 0 Å². The number of carbonyl (C=O) groups is 1. The molecule has 0 bridgehead atoms. The van der Waals surface area contributed by atoms with Crippen LogP contribution in [0.3, 0.4) is 0 Å². The third-order valence-electron chi connectivity index (χ3n) is 2.57. The summed E-state index contributed by atoms with van der Waals surface area (Å²) in [5.41, 5.74) is 1.01. The maximum atomic E-state index is 11.2. The molecule has 0 fully saturated rings. The van der Waals surface area contributed by atoms with Crippen molar-refractivity contribution in [2.75, 3.05) is 19.5 Å². The van der Waals surface area contributed by atoms with Crippen LogP contribution in [0.1, 0.15) is 16.3 Å². The van der Waals surface area contributed by atoms with Crippen molar-refractivity contribution in [3.8, 4) is 5.75 Å². The zero-order valence-corrected chi connectivity index (χ0v) is 10.8. The summed E-state index contributed by atoms with van der Waals surface area (Å²) in [6.45, 7) is 0.260. The minimum Gasteiger partial charge on any atom is -0.486 e. The van der Waals surface area contributed by atoms with Crippen LogP contribution in [0.15, 0.2) is 40.8 Å². The van der Waals surface area contributed by atoms with Crippen LogP contribution in [0.5, 0.6) is 5.75 Å². The van der Waals surface area contributed by atoms with E-state index in [1.54, 1.807) is 12.1 Å². The van der Waals surface area contributed by atoms with Crippen LogP contribution in [0.2, 0.25) is 0 Å². The Morgan fingerprint density at radius 2 is 1.95 bits per heavy atom. The molecule has 0 amide bonds. The molecule has 0 saturated carbocycles. The fraction of sp³-hybridized carbons (Fsp3) is 0.214. The van der Waals surface area contributed by atoms with E-state index in [-0.39, 0.29) is 12.4 Å². The highest BCUT2D eigenvalue weighted by Gasteiger charge is 2.11. The molecule has 0 spiro atoms. The number of rotatable bonds is 5. The molecule has 0 atom stereocenters. The van der Waals surface area contributed by atoms with Crippen molar-refractivity contribution in [3.05, 3.63) is 47.9 Å². The van der Waals surface area contributed by atoms with Gasteiger partial charge in [0.25, 0.3) is 0 Å². The van der Waals surface area contributed by atoms with E-state index in [4.69, 9.17) is 9.15 Å². The largest absolute Gasteiger partial charge is 0.486 e. The Morgan fingerprint density at radius 3 is 2.58 bits per heavy atom. The molecule has 0 aliphatic carbocycles. The molecule has 2 aromatic rings. The fourth-order valence-electron chi connectivity index (χ4n) is 1.54. The summed E-state index contributed by atoms with van der Waals surface area (Å²) in [5.74, 6) is 0.976. The SMILES string of the molecule is CNc1ccc(OCc2ccc(C(=O)OC)o2)cc1. The summed E-state index contributed by atoms with van der Waals surface area (Å²) in [6, 6.07) is 10.8. The first-order chi connectivity index (χ1) is 9.22. The molecular weight excluding hydrogens is 246 g/mol. The maximum Gasteiger partial charge on any atom is 0.373 e. The quantitative estimate of drug-likeness (QED) is 0.838. The van der Waals surface area contributed by atoms with Crippen molar-refractivity contribution in [1.29, 1.82) is 0 Å². The molecule has 19 heavy (non-hydrogen) atoms. The van der Waals surface area contributed by atoms with Gasteiger partial charge < -0.3 is 19.2 Å². The van der Waals surface area contributed by atoms with Crippen LogP contribution in [0.25, 0.3) is 0 Å². The molecule has 5 heteroatoms. The van der Waals surface area contributed by atoms with Gasteiger partial charge >= 0.3 is 5.97 Å². The van der Waals surface area contributed by atoms with Gasteiger partial charge in [-0.3, -0.25) is 0 Å². The number of carbonyl (C=O) groups excluding carboxylic acids is 1. The normalized spacial score (nSPS) is 10.0. The molecule has 1 aromatic carbocycles. The first-order valence-corrected chi connectivity index (χ1v) is 5.80. The first-order valence-electron chi connectivity index (χ1n) is 5.80. The Bertz CT molecular complexity index is 545. The monoisotopic (exact) mass is 261 g/mol. The third kappa shape index (κ3) is 3.28. The third-order valence-corrected chi connectivity index (χ3v) is 2.57. The smallest absolute Gasteiger partial charge is 0.373 e. The van der Waals surface area contributed by atoms with E-state index in [2.05, 4.69) is 10.1 Å². The van der Waals surface area contributed by atoms with Crippen LogP contribution in [-0.2, 0) is 11.3 Å². The lowest BCUT2D eigenvalue weighted by atomic mass is 10.3. The second-order valence-corrected chi connectivity index (χ2v) is 3.82. The summed E-state index contributed by atoms with van der Waals surface area (Å²) in [4.78, 5) is 11.2. The van der Waals surface area contributed by atoms with Gasteiger partial charge in [-0.2, -0.15) is 0 Å². The number of methoxy groups -OCH3 is 1. The minimum absolute atomic E-state index is 0.173. The van der Waals surface area contributed by atoms with E-state index in [1.165, 1.54) is 7.11 Å². The molecule has 5 nitrogen and oxygen atoms in total. The summed E-state index contributed by atoms with van der Waals surface area (Å²) in [7, 11) is 3.16. The Hall–Kier alpha value is -2.43. The fourth-order valence-corrected chi connectivity index (χ4v) is 1.54. The lowest BCUT2D eigenvalue weighted by Crippen LogP contribution is -1.99. The molecule has 1 heterocycles. The maximum absolute atomic E-state index is 11.2. The number of hydrogen-bond donors (Lipinski definition) is 1. The van der Waals surface area contributed by atoms with Gasteiger partial charge in [0.05, 0.1) is 7.11 Å². The standard InChI is InChI=1S/C14H15NO4/c1-15-10-3-5-11(6-4-10)18-9-12-7-8-13(19-12)14(16)17-2/h3-8,15H,9H2,1-2H3. The molecule has 0 aliphatic rings. The van der Waals surface area contributed by atoms with Gasteiger partial charge in [-0.05, 0) is 36.4 Å². The highest BCUT2D eigenvalue weighted by atomic mass is 16.5. The molecule has 2 rings (SSSR count). The first kappa shape index (κ1) is 13.0. The van der Waals surface area contributed by atoms with Crippen molar-refractivity contribution in [2.24, 2.45) is 0 Å². The Labute approximate surface area is 111 Å². The van der Waals surface area contributed by atoms with Gasteiger partial charge in [-0.1, -0.05) is 0 Å². The predicted molar refractivity (Wildman–Crippen MR) is 70.4 cm³/mol. The summed E-state index contributed by atoms with van der Waals surface area (Å²) < 4.78 is 15.4. The molecule has 0 saturated heterocycles. The van der Waals surface area contributed by atoms with Crippen LogP contribution < -0.4 is 10.1 Å². The molecule has 0 radical (unpaired) electrons. The lowest BCUT2D eigenvalue weighted by Gasteiger charge is -2.05. The van der Waals surface area contributed by atoms with Gasteiger partial charge in [0, 0.05) is 12.7 Å². The Kier molecular flexibility index (Phi) is 4.07. The minimum atomic E-state index is -0.496. The number of nitrogens with one attached hydrogen (secondary N) is 1. The lowest BCUT2D eigenvalue weighted by molar-refractivity contribution is 0.0561. The van der Waals surface area contributed by atoms with E-state index in [1.807, 2.05) is 31.3 Å². The van der Waals surface area contributed by atoms with E-state index in [0.717, 1.165) is 11.4 Å². The molecule has 100 valence electrons. The molecule has 1 N–H and O–H groups in total. The van der Waals surface area contributed by atoms with Crippen LogP contribution in [0, 0.1) is 0 Å². The van der Waals surface area contributed by atoms with Crippen LogP contribution >= 0.6 is 0 Å².